The third-order valence-electron chi connectivity index (χ3n) is 12.7. The minimum absolute atomic E-state index is 0.00332. The van der Waals surface area contributed by atoms with E-state index < -0.39 is 48.2 Å². The molecule has 3 rings (SSSR count). The van der Waals surface area contributed by atoms with E-state index in [9.17, 15) is 24.0 Å². The molecule has 1 saturated heterocycles. The number of nitrogens with one attached hydrogen (secondary N) is 3. The van der Waals surface area contributed by atoms with Gasteiger partial charge >= 0.3 is 0 Å². The lowest BCUT2D eigenvalue weighted by atomic mass is 9.89. The van der Waals surface area contributed by atoms with E-state index in [0.29, 0.717) is 25.8 Å². The van der Waals surface area contributed by atoms with Crippen LogP contribution >= 0.6 is 11.3 Å². The van der Waals surface area contributed by atoms with Gasteiger partial charge in [-0.25, -0.2) is 4.98 Å². The molecule has 3 N–H and O–H groups in total. The minimum Gasteiger partial charge on any atom is -0.379 e. The summed E-state index contributed by atoms with van der Waals surface area (Å²) in [6, 6.07) is 6.63. The van der Waals surface area contributed by atoms with Crippen LogP contribution in [0.1, 0.15) is 105 Å². The van der Waals surface area contributed by atoms with Crippen LogP contribution in [-0.2, 0) is 39.9 Å². The maximum Gasteiger partial charge on any atom is 0.245 e. The fraction of sp³-hybridized carbons (Fsp3) is 0.702. The second-order valence-electron chi connectivity index (χ2n) is 18.1. The molecule has 0 aliphatic carbocycles. The minimum atomic E-state index is -0.900. The van der Waals surface area contributed by atoms with Gasteiger partial charge in [-0.3, -0.25) is 24.0 Å². The van der Waals surface area contributed by atoms with E-state index in [4.69, 9.17) is 9.47 Å². The molecule has 10 atom stereocenters. The SMILES string of the molecule is CCC(C)C(C(CC(=O)N1CCCC1C(OC)C(C)C(=O)NC(Cc1ccccc1)c1nccs1)OC)N(C)C(=O)C(NC(=O)C(C(C)C)N(C)C(=O)C(NC)C(C)C)C(C)C. The van der Waals surface area contributed by atoms with Crippen LogP contribution in [0, 0.1) is 29.6 Å². The molecule has 0 bridgehead atoms. The number of ether oxygens (including phenoxy) is 2. The molecule has 2 aromatic rings. The summed E-state index contributed by atoms with van der Waals surface area (Å²) in [5.74, 6) is -2.38. The van der Waals surface area contributed by atoms with Crippen molar-refractivity contribution < 1.29 is 33.4 Å². The average Bonchev–Trinajstić information content (AvgIpc) is 3.96. The molecule has 2 heterocycles. The number of methoxy groups -OCH3 is 2. The van der Waals surface area contributed by atoms with E-state index >= 15 is 0 Å². The number of likely N-dealkylation sites (tertiary alicyclic amines) is 1. The van der Waals surface area contributed by atoms with Crippen molar-refractivity contribution in [2.24, 2.45) is 29.6 Å². The Kier molecular flexibility index (Phi) is 21.0. The molecule has 1 fully saturated rings. The van der Waals surface area contributed by atoms with Crippen LogP contribution in [0.5, 0.6) is 0 Å². The number of aromatic nitrogens is 1. The number of benzene rings is 1. The Morgan fingerprint density at radius 3 is 2.00 bits per heavy atom. The molecule has 1 aliphatic rings. The lowest BCUT2D eigenvalue weighted by molar-refractivity contribution is -0.149. The molecule has 348 valence electrons. The number of nitrogens with zero attached hydrogens (tertiary/aromatic N) is 4. The highest BCUT2D eigenvalue weighted by Crippen LogP contribution is 2.31. The summed E-state index contributed by atoms with van der Waals surface area (Å²) in [6.07, 6.45) is 3.22. The first-order valence-electron chi connectivity index (χ1n) is 22.4. The molecule has 1 aromatic carbocycles. The number of hydrogen-bond donors (Lipinski definition) is 3. The second kappa shape index (κ2) is 24.8. The third-order valence-corrected chi connectivity index (χ3v) is 13.6. The lowest BCUT2D eigenvalue weighted by Gasteiger charge is -2.41. The van der Waals surface area contributed by atoms with Crippen molar-refractivity contribution in [2.75, 3.05) is 41.9 Å². The highest BCUT2D eigenvalue weighted by molar-refractivity contribution is 7.09. The molecule has 0 saturated carbocycles. The summed E-state index contributed by atoms with van der Waals surface area (Å²) in [5, 5.41) is 12.0. The van der Waals surface area contributed by atoms with Gasteiger partial charge in [-0.05, 0) is 55.5 Å². The zero-order chi connectivity index (χ0) is 46.4. The normalized spacial score (nSPS) is 18.7. The van der Waals surface area contributed by atoms with Crippen LogP contribution in [0.25, 0.3) is 0 Å². The zero-order valence-electron chi connectivity index (χ0n) is 39.8. The van der Waals surface area contributed by atoms with Crippen molar-refractivity contribution in [3.63, 3.8) is 0 Å². The van der Waals surface area contributed by atoms with E-state index in [0.717, 1.165) is 17.0 Å². The standard InChI is InChI=1S/C47H77N7O7S/c1-15-31(8)41(53(12)47(59)39(29(4)5)51-44(57)40(30(6)7)52(11)46(58)38(48-10)28(2)3)36(60-13)27-37(55)54-24-19-22-35(54)42(61-14)32(9)43(56)50-34(45-49-23-25-62-45)26-33-20-17-16-18-21-33/h16-18,20-21,23,25,28-32,34-36,38-42,48H,15,19,22,24,26-27H2,1-14H3,(H,50,56)(H,51,57). The van der Waals surface area contributed by atoms with Crippen molar-refractivity contribution in [1.82, 2.24) is 35.6 Å². The van der Waals surface area contributed by atoms with Gasteiger partial charge in [-0.1, -0.05) is 99.1 Å². The van der Waals surface area contributed by atoms with Crippen LogP contribution in [0.15, 0.2) is 41.9 Å². The molecule has 14 nitrogen and oxygen atoms in total. The Morgan fingerprint density at radius 2 is 1.48 bits per heavy atom. The van der Waals surface area contributed by atoms with Crippen molar-refractivity contribution >= 4 is 40.9 Å². The fourth-order valence-corrected chi connectivity index (χ4v) is 9.75. The first-order chi connectivity index (χ1) is 29.3. The summed E-state index contributed by atoms with van der Waals surface area (Å²) in [4.78, 5) is 80.0. The Morgan fingerprint density at radius 1 is 0.855 bits per heavy atom. The van der Waals surface area contributed by atoms with Crippen molar-refractivity contribution in [1.29, 1.82) is 0 Å². The van der Waals surface area contributed by atoms with Crippen LogP contribution in [-0.4, -0.2) is 134 Å². The van der Waals surface area contributed by atoms with Crippen LogP contribution in [0.3, 0.4) is 0 Å². The maximum absolute atomic E-state index is 14.6. The molecular formula is C47H77N7O7S. The number of thiazole rings is 1. The molecule has 0 radical (unpaired) electrons. The van der Waals surface area contributed by atoms with Crippen molar-refractivity contribution in [3.8, 4) is 0 Å². The van der Waals surface area contributed by atoms with E-state index in [1.165, 1.54) is 16.2 Å². The molecular weight excluding hydrogens is 807 g/mol. The van der Waals surface area contributed by atoms with Gasteiger partial charge in [0.2, 0.25) is 29.5 Å². The van der Waals surface area contributed by atoms with Crippen LogP contribution in [0.4, 0.5) is 0 Å². The summed E-state index contributed by atoms with van der Waals surface area (Å²) < 4.78 is 12.1. The zero-order valence-corrected chi connectivity index (χ0v) is 40.7. The van der Waals surface area contributed by atoms with Gasteiger partial charge in [0, 0.05) is 46.4 Å². The molecule has 10 unspecified atom stereocenters. The average molecular weight is 884 g/mol. The van der Waals surface area contributed by atoms with Crippen molar-refractivity contribution in [2.45, 2.75) is 143 Å². The highest BCUT2D eigenvalue weighted by atomic mass is 32.1. The molecule has 1 aromatic heterocycles. The monoisotopic (exact) mass is 884 g/mol. The smallest absolute Gasteiger partial charge is 0.245 e. The molecule has 15 heteroatoms. The molecule has 5 amide bonds. The summed E-state index contributed by atoms with van der Waals surface area (Å²) >= 11 is 1.50. The Hall–Kier alpha value is -3.92. The lowest BCUT2D eigenvalue weighted by Crippen LogP contribution is -2.61. The Balaban J connectivity index is 1.81. The Bertz CT molecular complexity index is 1710. The van der Waals surface area contributed by atoms with Gasteiger partial charge in [0.1, 0.15) is 17.1 Å². The second-order valence-corrected chi connectivity index (χ2v) is 19.0. The largest absolute Gasteiger partial charge is 0.379 e. The van der Waals surface area contributed by atoms with E-state index in [2.05, 4.69) is 20.9 Å². The third kappa shape index (κ3) is 13.3. The predicted octanol–water partition coefficient (Wildman–Crippen LogP) is 5.33. The van der Waals surface area contributed by atoms with Crippen molar-refractivity contribution in [3.05, 3.63) is 52.5 Å². The molecule has 62 heavy (non-hydrogen) atoms. The number of rotatable bonds is 24. The van der Waals surface area contributed by atoms with E-state index in [-0.39, 0.29) is 65.8 Å². The first-order valence-corrected chi connectivity index (χ1v) is 23.3. The van der Waals surface area contributed by atoms with E-state index in [1.54, 1.807) is 46.5 Å². The van der Waals surface area contributed by atoms with Gasteiger partial charge < -0.3 is 40.1 Å². The number of carbonyl (C=O) groups excluding carboxylic acids is 5. The van der Waals surface area contributed by atoms with Gasteiger partial charge in [-0.2, -0.15) is 0 Å². The molecule has 1 aliphatic heterocycles. The number of likely N-dealkylation sites (N-methyl/N-ethyl adjacent to an activating group) is 3. The quantitative estimate of drug-likeness (QED) is 0.127. The molecule has 0 spiro atoms. The van der Waals surface area contributed by atoms with Gasteiger partial charge in [0.15, 0.2) is 0 Å². The predicted molar refractivity (Wildman–Crippen MR) is 245 cm³/mol. The van der Waals surface area contributed by atoms with Gasteiger partial charge in [-0.15, -0.1) is 11.3 Å². The summed E-state index contributed by atoms with van der Waals surface area (Å²) in [6.45, 7) is 17.9. The number of carbonyl (C=O) groups is 5. The topological polar surface area (TPSA) is 163 Å². The number of amides is 5. The van der Waals surface area contributed by atoms with Gasteiger partial charge in [0.25, 0.3) is 0 Å². The van der Waals surface area contributed by atoms with Gasteiger partial charge in [0.05, 0.1) is 48.7 Å². The van der Waals surface area contributed by atoms with Crippen LogP contribution < -0.4 is 16.0 Å². The highest BCUT2D eigenvalue weighted by Gasteiger charge is 2.44. The first kappa shape index (κ1) is 52.4. The number of hydrogen-bond acceptors (Lipinski definition) is 10. The van der Waals surface area contributed by atoms with E-state index in [1.807, 2.05) is 103 Å². The summed E-state index contributed by atoms with van der Waals surface area (Å²) in [7, 11) is 8.23. The summed E-state index contributed by atoms with van der Waals surface area (Å²) in [5.41, 5.74) is 1.08. The maximum atomic E-state index is 14.6. The fourth-order valence-electron chi connectivity index (χ4n) is 9.06. The van der Waals surface area contributed by atoms with Crippen LogP contribution in [0.2, 0.25) is 0 Å². The Labute approximate surface area is 375 Å².